The summed E-state index contributed by atoms with van der Waals surface area (Å²) in [5, 5.41) is 2.93. The van der Waals surface area contributed by atoms with Crippen LogP contribution >= 0.6 is 0 Å². The number of carbonyl (C=O) groups excluding carboxylic acids is 1. The Labute approximate surface area is 162 Å². The number of benzene rings is 1. The zero-order chi connectivity index (χ0) is 19.5. The van der Waals surface area contributed by atoms with Crippen LogP contribution in [0.5, 0.6) is 0 Å². The van der Waals surface area contributed by atoms with Gasteiger partial charge in [-0.05, 0) is 26.0 Å². The summed E-state index contributed by atoms with van der Waals surface area (Å²) < 4.78 is 3.71. The smallest absolute Gasteiger partial charge is 0.258 e. The molecule has 7 heteroatoms. The Kier molecular flexibility index (Phi) is 4.72. The second kappa shape index (κ2) is 7.48. The summed E-state index contributed by atoms with van der Waals surface area (Å²) in [4.78, 5) is 25.8. The number of nitrogens with one attached hydrogen (secondary N) is 1. The zero-order valence-electron chi connectivity index (χ0n) is 15.6. The second-order valence-corrected chi connectivity index (χ2v) is 6.64. The van der Waals surface area contributed by atoms with E-state index in [1.54, 1.807) is 41.6 Å². The van der Waals surface area contributed by atoms with Crippen LogP contribution in [-0.4, -0.2) is 30.0 Å². The van der Waals surface area contributed by atoms with Gasteiger partial charge in [-0.25, -0.2) is 15.0 Å². The summed E-state index contributed by atoms with van der Waals surface area (Å²) >= 11 is 0. The third-order valence-electron chi connectivity index (χ3n) is 4.36. The largest absolute Gasteiger partial charge is 0.314 e. The van der Waals surface area contributed by atoms with Crippen molar-refractivity contribution in [2.75, 3.05) is 5.32 Å². The fourth-order valence-corrected chi connectivity index (χ4v) is 2.90. The van der Waals surface area contributed by atoms with Crippen LogP contribution in [0.1, 0.15) is 30.2 Å². The van der Waals surface area contributed by atoms with Crippen LogP contribution in [-0.2, 0) is 0 Å². The number of nitrogens with zero attached hydrogens (tertiary/aromatic N) is 5. The molecule has 1 amide bonds. The van der Waals surface area contributed by atoms with Gasteiger partial charge >= 0.3 is 0 Å². The van der Waals surface area contributed by atoms with Crippen LogP contribution in [0.15, 0.2) is 73.6 Å². The maximum Gasteiger partial charge on any atom is 0.258 e. The second-order valence-electron chi connectivity index (χ2n) is 6.64. The molecule has 1 aromatic carbocycles. The molecular formula is C21H20N6O. The Morgan fingerprint density at radius 3 is 2.64 bits per heavy atom. The van der Waals surface area contributed by atoms with E-state index in [0.29, 0.717) is 17.3 Å². The molecule has 4 rings (SSSR count). The van der Waals surface area contributed by atoms with E-state index < -0.39 is 0 Å². The Morgan fingerprint density at radius 2 is 1.93 bits per heavy atom. The first-order valence-corrected chi connectivity index (χ1v) is 9.02. The van der Waals surface area contributed by atoms with Crippen molar-refractivity contribution < 1.29 is 4.79 Å². The average molecular weight is 372 g/mol. The van der Waals surface area contributed by atoms with Gasteiger partial charge in [-0.15, -0.1) is 0 Å². The molecule has 0 bridgehead atoms. The van der Waals surface area contributed by atoms with Crippen LogP contribution in [0.3, 0.4) is 0 Å². The van der Waals surface area contributed by atoms with E-state index in [-0.39, 0.29) is 11.9 Å². The van der Waals surface area contributed by atoms with Crippen molar-refractivity contribution in [3.05, 3.63) is 79.1 Å². The number of aromatic nitrogens is 5. The van der Waals surface area contributed by atoms with Crippen molar-refractivity contribution in [3.63, 3.8) is 0 Å². The zero-order valence-corrected chi connectivity index (χ0v) is 15.6. The van der Waals surface area contributed by atoms with Crippen molar-refractivity contribution in [1.29, 1.82) is 0 Å². The maximum atomic E-state index is 12.8. The minimum absolute atomic E-state index is 0.152. The summed E-state index contributed by atoms with van der Waals surface area (Å²) in [6.45, 7) is 4.10. The monoisotopic (exact) mass is 372 g/mol. The van der Waals surface area contributed by atoms with Gasteiger partial charge in [0.1, 0.15) is 12.1 Å². The molecule has 0 spiro atoms. The van der Waals surface area contributed by atoms with Crippen LogP contribution in [0.25, 0.3) is 17.1 Å². The van der Waals surface area contributed by atoms with E-state index in [1.807, 2.05) is 41.1 Å². The maximum absolute atomic E-state index is 12.8. The van der Waals surface area contributed by atoms with Crippen molar-refractivity contribution in [3.8, 4) is 17.1 Å². The molecular weight excluding hydrogens is 352 g/mol. The predicted octanol–water partition coefficient (Wildman–Crippen LogP) is 3.96. The Hall–Kier alpha value is -3.74. The van der Waals surface area contributed by atoms with Gasteiger partial charge in [0.25, 0.3) is 5.91 Å². The van der Waals surface area contributed by atoms with E-state index in [2.05, 4.69) is 34.1 Å². The lowest BCUT2D eigenvalue weighted by Crippen LogP contribution is -2.17. The molecule has 3 heterocycles. The van der Waals surface area contributed by atoms with Gasteiger partial charge < -0.3 is 4.57 Å². The highest BCUT2D eigenvalue weighted by molar-refractivity contribution is 6.03. The summed E-state index contributed by atoms with van der Waals surface area (Å²) in [5.41, 5.74) is 2.32. The highest BCUT2D eigenvalue weighted by Gasteiger charge is 2.16. The first-order chi connectivity index (χ1) is 13.6. The van der Waals surface area contributed by atoms with Gasteiger partial charge in [0.05, 0.1) is 5.69 Å². The third kappa shape index (κ3) is 3.55. The topological polar surface area (TPSA) is 77.6 Å². The number of pyridine rings is 1. The number of hydrogen-bond donors (Lipinski definition) is 1. The van der Waals surface area contributed by atoms with Gasteiger partial charge in [0.15, 0.2) is 0 Å². The molecule has 0 aliphatic heterocycles. The quantitative estimate of drug-likeness (QED) is 0.575. The predicted molar refractivity (Wildman–Crippen MR) is 107 cm³/mol. The van der Waals surface area contributed by atoms with Crippen molar-refractivity contribution in [2.45, 2.75) is 19.9 Å². The van der Waals surface area contributed by atoms with Gasteiger partial charge in [-0.1, -0.05) is 30.3 Å². The number of hydrogen-bond acceptors (Lipinski definition) is 4. The molecule has 140 valence electrons. The van der Waals surface area contributed by atoms with Gasteiger partial charge in [-0.3, -0.25) is 14.7 Å². The Morgan fingerprint density at radius 1 is 1.11 bits per heavy atom. The lowest BCUT2D eigenvalue weighted by atomic mass is 10.2. The average Bonchev–Trinajstić information content (AvgIpc) is 3.39. The molecule has 7 nitrogen and oxygen atoms in total. The molecule has 0 atom stereocenters. The summed E-state index contributed by atoms with van der Waals surface area (Å²) in [5.74, 6) is 0.901. The van der Waals surface area contributed by atoms with Crippen molar-refractivity contribution >= 4 is 11.9 Å². The molecule has 0 unspecified atom stereocenters. The van der Waals surface area contributed by atoms with E-state index >= 15 is 0 Å². The highest BCUT2D eigenvalue weighted by Crippen LogP contribution is 2.24. The molecule has 0 aliphatic rings. The number of carbonyl (C=O) groups is 1. The molecule has 1 N–H and O–H groups in total. The molecule has 0 aliphatic carbocycles. The molecule has 0 radical (unpaired) electrons. The molecule has 0 fully saturated rings. The number of amides is 1. The standard InChI is InChI=1S/C21H20N6O/c1-15(2)27-13-18(16-6-4-3-5-7-16)24-21(27)25-20(28)17-8-9-23-19(12-17)26-11-10-22-14-26/h3-15H,1-2H3,(H,24,25,28). The fraction of sp³-hybridized carbons (Fsp3) is 0.143. The van der Waals surface area contributed by atoms with Crippen LogP contribution < -0.4 is 5.32 Å². The Balaban J connectivity index is 1.63. The number of anilines is 1. The van der Waals surface area contributed by atoms with Crippen LogP contribution in [0.2, 0.25) is 0 Å². The lowest BCUT2D eigenvalue weighted by Gasteiger charge is -2.12. The van der Waals surface area contributed by atoms with Crippen LogP contribution in [0.4, 0.5) is 5.95 Å². The summed E-state index contributed by atoms with van der Waals surface area (Å²) in [6.07, 6.45) is 8.65. The van der Waals surface area contributed by atoms with E-state index in [0.717, 1.165) is 11.3 Å². The van der Waals surface area contributed by atoms with Gasteiger partial charge in [0.2, 0.25) is 5.95 Å². The SMILES string of the molecule is CC(C)n1cc(-c2ccccc2)nc1NC(=O)c1ccnc(-n2ccnc2)c1. The van der Waals surface area contributed by atoms with E-state index in [1.165, 1.54) is 0 Å². The first kappa shape index (κ1) is 17.7. The first-order valence-electron chi connectivity index (χ1n) is 9.02. The highest BCUT2D eigenvalue weighted by atomic mass is 16.1. The fourth-order valence-electron chi connectivity index (χ4n) is 2.90. The minimum atomic E-state index is -0.240. The van der Waals surface area contributed by atoms with Crippen molar-refractivity contribution in [2.24, 2.45) is 0 Å². The number of rotatable bonds is 5. The molecule has 0 saturated heterocycles. The summed E-state index contributed by atoms with van der Waals surface area (Å²) in [7, 11) is 0. The lowest BCUT2D eigenvalue weighted by molar-refractivity contribution is 0.102. The molecule has 3 aromatic heterocycles. The summed E-state index contributed by atoms with van der Waals surface area (Å²) in [6, 6.07) is 13.4. The molecule has 28 heavy (non-hydrogen) atoms. The minimum Gasteiger partial charge on any atom is -0.314 e. The third-order valence-corrected chi connectivity index (χ3v) is 4.36. The normalized spacial score (nSPS) is 11.0. The van der Waals surface area contributed by atoms with E-state index in [9.17, 15) is 4.79 Å². The van der Waals surface area contributed by atoms with Crippen molar-refractivity contribution in [1.82, 2.24) is 24.1 Å². The molecule has 4 aromatic rings. The number of imidazole rings is 2. The van der Waals surface area contributed by atoms with Gasteiger partial charge in [-0.2, -0.15) is 0 Å². The Bertz CT molecular complexity index is 1080. The van der Waals surface area contributed by atoms with Crippen LogP contribution in [0, 0.1) is 0 Å². The molecule has 0 saturated carbocycles. The van der Waals surface area contributed by atoms with E-state index in [4.69, 9.17) is 0 Å². The van der Waals surface area contributed by atoms with Gasteiger partial charge in [0, 0.05) is 42.0 Å².